The lowest BCUT2D eigenvalue weighted by Gasteiger charge is -2.36. The Balaban J connectivity index is 1.80. The summed E-state index contributed by atoms with van der Waals surface area (Å²) in [6.07, 6.45) is 2.19. The number of aryl methyl sites for hydroxylation is 1. The van der Waals surface area contributed by atoms with E-state index in [0.717, 1.165) is 13.1 Å². The Kier molecular flexibility index (Phi) is 3.03. The van der Waals surface area contributed by atoms with Crippen molar-refractivity contribution in [2.24, 2.45) is 5.92 Å². The van der Waals surface area contributed by atoms with Gasteiger partial charge in [0.2, 0.25) is 0 Å². The second-order valence-electron chi connectivity index (χ2n) is 5.19. The molecule has 1 aromatic heterocycles. The molecular weight excluding hydrogens is 240 g/mol. The lowest BCUT2D eigenvalue weighted by Crippen LogP contribution is -2.49. The Labute approximate surface area is 112 Å². The van der Waals surface area contributed by atoms with Gasteiger partial charge in [-0.25, -0.2) is 0 Å². The van der Waals surface area contributed by atoms with Gasteiger partial charge < -0.3 is 9.67 Å². The van der Waals surface area contributed by atoms with Crippen LogP contribution in [0.5, 0.6) is 0 Å². The van der Waals surface area contributed by atoms with Gasteiger partial charge in [0.15, 0.2) is 0 Å². The number of para-hydroxylation sites is 1. The van der Waals surface area contributed by atoms with E-state index >= 15 is 0 Å². The molecule has 1 N–H and O–H groups in total. The molecule has 0 aliphatic carbocycles. The van der Waals surface area contributed by atoms with Gasteiger partial charge in [0.25, 0.3) is 0 Å². The molecule has 0 atom stereocenters. The van der Waals surface area contributed by atoms with Gasteiger partial charge >= 0.3 is 5.97 Å². The van der Waals surface area contributed by atoms with Crippen molar-refractivity contribution < 1.29 is 9.90 Å². The molecule has 0 spiro atoms. The van der Waals surface area contributed by atoms with E-state index < -0.39 is 5.97 Å². The van der Waals surface area contributed by atoms with E-state index in [0.29, 0.717) is 13.1 Å². The van der Waals surface area contributed by atoms with Crippen molar-refractivity contribution in [1.82, 2.24) is 9.47 Å². The number of carboxylic acid groups (broad SMARTS) is 1. The quantitative estimate of drug-likeness (QED) is 0.914. The van der Waals surface area contributed by atoms with E-state index in [-0.39, 0.29) is 5.92 Å². The van der Waals surface area contributed by atoms with Crippen LogP contribution in [0.1, 0.15) is 12.5 Å². The molecular formula is C15H18N2O2. The van der Waals surface area contributed by atoms with Crippen molar-refractivity contribution in [3.05, 3.63) is 36.0 Å². The van der Waals surface area contributed by atoms with Gasteiger partial charge in [0, 0.05) is 43.3 Å². The zero-order valence-electron chi connectivity index (χ0n) is 11.0. The van der Waals surface area contributed by atoms with E-state index in [9.17, 15) is 4.79 Å². The second kappa shape index (κ2) is 4.70. The molecule has 100 valence electrons. The topological polar surface area (TPSA) is 45.5 Å². The number of rotatable bonds is 4. The summed E-state index contributed by atoms with van der Waals surface area (Å²) in [6.45, 7) is 5.28. The monoisotopic (exact) mass is 258 g/mol. The van der Waals surface area contributed by atoms with Crippen LogP contribution in [0.4, 0.5) is 0 Å². The summed E-state index contributed by atoms with van der Waals surface area (Å²) in [5, 5.41) is 10.2. The number of benzene rings is 1. The third-order valence-corrected chi connectivity index (χ3v) is 3.91. The normalized spacial score (nSPS) is 16.7. The van der Waals surface area contributed by atoms with Crippen LogP contribution >= 0.6 is 0 Å². The average Bonchev–Trinajstić information content (AvgIpc) is 2.71. The van der Waals surface area contributed by atoms with Crippen LogP contribution in [0, 0.1) is 5.92 Å². The summed E-state index contributed by atoms with van der Waals surface area (Å²) in [6, 6.07) is 8.40. The van der Waals surface area contributed by atoms with E-state index in [1.165, 1.54) is 16.5 Å². The van der Waals surface area contributed by atoms with Crippen LogP contribution < -0.4 is 0 Å². The molecule has 1 fully saturated rings. The van der Waals surface area contributed by atoms with Crippen LogP contribution in [0.3, 0.4) is 0 Å². The van der Waals surface area contributed by atoms with Gasteiger partial charge in [-0.2, -0.15) is 0 Å². The minimum Gasteiger partial charge on any atom is -0.481 e. The minimum atomic E-state index is -0.674. The first-order valence-electron chi connectivity index (χ1n) is 6.71. The summed E-state index contributed by atoms with van der Waals surface area (Å²) in [5.41, 5.74) is 2.55. The molecule has 4 heteroatoms. The van der Waals surface area contributed by atoms with E-state index in [2.05, 4.69) is 46.9 Å². The predicted octanol–water partition coefficient (Wildman–Crippen LogP) is 2.18. The summed E-state index contributed by atoms with van der Waals surface area (Å²) < 4.78 is 2.25. The molecule has 1 aromatic carbocycles. The van der Waals surface area contributed by atoms with Gasteiger partial charge in [-0.3, -0.25) is 9.69 Å². The molecule has 3 rings (SSSR count). The summed E-state index contributed by atoms with van der Waals surface area (Å²) in [4.78, 5) is 13.0. The largest absolute Gasteiger partial charge is 0.481 e. The summed E-state index contributed by atoms with van der Waals surface area (Å²) >= 11 is 0. The van der Waals surface area contributed by atoms with Crippen molar-refractivity contribution in [2.75, 3.05) is 13.1 Å². The fourth-order valence-corrected chi connectivity index (χ4v) is 2.81. The number of hydrogen-bond acceptors (Lipinski definition) is 2. The third kappa shape index (κ3) is 2.12. The fraction of sp³-hybridized carbons (Fsp3) is 0.400. The summed E-state index contributed by atoms with van der Waals surface area (Å²) in [5.74, 6) is -0.855. The van der Waals surface area contributed by atoms with Gasteiger partial charge in [0.1, 0.15) is 0 Å². The molecule has 0 bridgehead atoms. The van der Waals surface area contributed by atoms with Crippen molar-refractivity contribution in [1.29, 1.82) is 0 Å². The number of carbonyl (C=O) groups is 1. The molecule has 1 saturated heterocycles. The van der Waals surface area contributed by atoms with E-state index in [1.54, 1.807) is 0 Å². The SMILES string of the molecule is CCn1cc(CN2CC(C(=O)O)C2)c2ccccc21. The van der Waals surface area contributed by atoms with Gasteiger partial charge in [-0.15, -0.1) is 0 Å². The molecule has 1 aliphatic rings. The number of nitrogens with zero attached hydrogens (tertiary/aromatic N) is 2. The lowest BCUT2D eigenvalue weighted by molar-refractivity contribution is -0.147. The third-order valence-electron chi connectivity index (χ3n) is 3.91. The summed E-state index contributed by atoms with van der Waals surface area (Å²) in [7, 11) is 0. The maximum absolute atomic E-state index is 10.8. The molecule has 0 unspecified atom stereocenters. The zero-order chi connectivity index (χ0) is 13.4. The molecule has 19 heavy (non-hydrogen) atoms. The number of fused-ring (bicyclic) bond motifs is 1. The highest BCUT2D eigenvalue weighted by Crippen LogP contribution is 2.25. The zero-order valence-corrected chi connectivity index (χ0v) is 11.0. The number of hydrogen-bond donors (Lipinski definition) is 1. The standard InChI is InChI=1S/C15H18N2O2/c1-2-17-10-11(13-5-3-4-6-14(13)17)7-16-8-12(9-16)15(18)19/h3-6,10,12H,2,7-9H2,1H3,(H,18,19). The van der Waals surface area contributed by atoms with Crippen molar-refractivity contribution in [3.63, 3.8) is 0 Å². The number of aromatic nitrogens is 1. The Bertz CT molecular complexity index is 612. The Hall–Kier alpha value is -1.81. The Morgan fingerprint density at radius 2 is 2.11 bits per heavy atom. The molecule has 4 nitrogen and oxygen atoms in total. The highest BCUT2D eigenvalue weighted by Gasteiger charge is 2.32. The highest BCUT2D eigenvalue weighted by atomic mass is 16.4. The van der Waals surface area contributed by atoms with Gasteiger partial charge in [-0.1, -0.05) is 18.2 Å². The molecule has 2 heterocycles. The minimum absolute atomic E-state index is 0.181. The maximum Gasteiger partial charge on any atom is 0.309 e. The molecule has 0 radical (unpaired) electrons. The molecule has 0 saturated carbocycles. The van der Waals surface area contributed by atoms with Crippen LogP contribution in [0.25, 0.3) is 10.9 Å². The second-order valence-corrected chi connectivity index (χ2v) is 5.19. The molecule has 1 aliphatic heterocycles. The fourth-order valence-electron chi connectivity index (χ4n) is 2.81. The lowest BCUT2D eigenvalue weighted by atomic mass is 9.99. The van der Waals surface area contributed by atoms with Gasteiger partial charge in [0.05, 0.1) is 5.92 Å². The van der Waals surface area contributed by atoms with Crippen LogP contribution in [-0.4, -0.2) is 33.6 Å². The van der Waals surface area contributed by atoms with Crippen molar-refractivity contribution in [2.45, 2.75) is 20.0 Å². The van der Waals surface area contributed by atoms with Crippen molar-refractivity contribution in [3.8, 4) is 0 Å². The maximum atomic E-state index is 10.8. The average molecular weight is 258 g/mol. The number of carboxylic acids is 1. The predicted molar refractivity (Wildman–Crippen MR) is 74.0 cm³/mol. The van der Waals surface area contributed by atoms with Crippen LogP contribution in [0.2, 0.25) is 0 Å². The number of aliphatic carboxylic acids is 1. The first-order valence-corrected chi connectivity index (χ1v) is 6.71. The first-order chi connectivity index (χ1) is 9.19. The van der Waals surface area contributed by atoms with Crippen molar-refractivity contribution >= 4 is 16.9 Å². The molecule has 2 aromatic rings. The molecule has 0 amide bonds. The highest BCUT2D eigenvalue weighted by molar-refractivity contribution is 5.84. The van der Waals surface area contributed by atoms with Crippen LogP contribution in [0.15, 0.2) is 30.5 Å². The van der Waals surface area contributed by atoms with Gasteiger partial charge in [-0.05, 0) is 18.6 Å². The van der Waals surface area contributed by atoms with E-state index in [1.807, 2.05) is 0 Å². The smallest absolute Gasteiger partial charge is 0.309 e. The number of likely N-dealkylation sites (tertiary alicyclic amines) is 1. The van der Waals surface area contributed by atoms with E-state index in [4.69, 9.17) is 5.11 Å². The van der Waals surface area contributed by atoms with Crippen LogP contribution in [-0.2, 0) is 17.9 Å². The first kappa shape index (κ1) is 12.2. The Morgan fingerprint density at radius 3 is 2.79 bits per heavy atom. The Morgan fingerprint density at radius 1 is 1.37 bits per heavy atom.